The van der Waals surface area contributed by atoms with Crippen LogP contribution in [-0.4, -0.2) is 56.5 Å². The standard InChI is InChI=1S/C40H50N2O5S2/c1-27(49-48-21-17-36(43)42(26-37(44)45)25-28-8-5-4-6-9-28)22-38(46)47-31-15-18-39(2)30(23-31)11-12-32-34-14-13-33(29-10-7-20-41-24-29)40(34,3)19-16-35(32)39/h4-11,13,20,24,27,31-32,34-35H,12,14-19,21-23,25-26H2,1-3H3,(H,44,45)/t27?,31-,32-,34-,35-,39-,40+/m0/s1. The first-order chi connectivity index (χ1) is 23.6. The zero-order valence-electron chi connectivity index (χ0n) is 29.0. The molecule has 1 aromatic heterocycles. The number of carboxylic acids is 1. The van der Waals surface area contributed by atoms with Crippen molar-refractivity contribution in [3.8, 4) is 0 Å². The highest BCUT2D eigenvalue weighted by molar-refractivity contribution is 8.76. The maximum Gasteiger partial charge on any atom is 0.323 e. The van der Waals surface area contributed by atoms with E-state index in [0.717, 1.165) is 37.7 Å². The number of hydrogen-bond acceptors (Lipinski definition) is 7. The predicted octanol–water partition coefficient (Wildman–Crippen LogP) is 8.61. The molecule has 7 nitrogen and oxygen atoms in total. The fourth-order valence-electron chi connectivity index (χ4n) is 9.42. The molecule has 262 valence electrons. The first kappa shape index (κ1) is 35.8. The smallest absolute Gasteiger partial charge is 0.323 e. The maximum atomic E-state index is 13.0. The van der Waals surface area contributed by atoms with Crippen molar-refractivity contribution in [2.75, 3.05) is 12.3 Å². The van der Waals surface area contributed by atoms with E-state index < -0.39 is 5.97 Å². The number of fused-ring (bicyclic) bond motifs is 5. The topological polar surface area (TPSA) is 96.8 Å². The van der Waals surface area contributed by atoms with Gasteiger partial charge >= 0.3 is 11.9 Å². The molecule has 49 heavy (non-hydrogen) atoms. The van der Waals surface area contributed by atoms with Crippen molar-refractivity contribution in [3.63, 3.8) is 0 Å². The third-order valence-electron chi connectivity index (χ3n) is 11.9. The van der Waals surface area contributed by atoms with Gasteiger partial charge in [0.05, 0.1) is 6.42 Å². The molecule has 4 aliphatic carbocycles. The summed E-state index contributed by atoms with van der Waals surface area (Å²) >= 11 is 0. The van der Waals surface area contributed by atoms with Crippen LogP contribution in [0.3, 0.4) is 0 Å². The molecule has 2 aromatic rings. The Morgan fingerprint density at radius 1 is 1.02 bits per heavy atom. The number of benzene rings is 1. The van der Waals surface area contributed by atoms with Gasteiger partial charge in [-0.3, -0.25) is 19.4 Å². The van der Waals surface area contributed by atoms with E-state index >= 15 is 0 Å². The molecule has 1 amide bonds. The van der Waals surface area contributed by atoms with Gasteiger partial charge in [-0.2, -0.15) is 0 Å². The molecule has 0 aliphatic heterocycles. The van der Waals surface area contributed by atoms with E-state index in [1.54, 1.807) is 21.6 Å². The Morgan fingerprint density at radius 2 is 1.82 bits per heavy atom. The third kappa shape index (κ3) is 7.98. The van der Waals surface area contributed by atoms with E-state index in [1.807, 2.05) is 49.6 Å². The Morgan fingerprint density at radius 3 is 2.57 bits per heavy atom. The zero-order chi connectivity index (χ0) is 34.6. The lowest BCUT2D eigenvalue weighted by atomic mass is 9.47. The molecule has 7 atom stereocenters. The van der Waals surface area contributed by atoms with Gasteiger partial charge in [0, 0.05) is 42.8 Å². The van der Waals surface area contributed by atoms with Gasteiger partial charge in [0.15, 0.2) is 0 Å². The molecule has 1 N–H and O–H groups in total. The number of carboxylic acid groups (broad SMARTS) is 1. The highest BCUT2D eigenvalue weighted by atomic mass is 33.1. The molecule has 2 fully saturated rings. The van der Waals surface area contributed by atoms with Crippen LogP contribution in [0.2, 0.25) is 0 Å². The Labute approximate surface area is 299 Å². The number of amides is 1. The minimum Gasteiger partial charge on any atom is -0.480 e. The Balaban J connectivity index is 0.950. The van der Waals surface area contributed by atoms with Crippen LogP contribution in [0.25, 0.3) is 5.57 Å². The lowest BCUT2D eigenvalue weighted by Gasteiger charge is -2.57. The number of aromatic nitrogens is 1. The van der Waals surface area contributed by atoms with Gasteiger partial charge in [0.2, 0.25) is 5.91 Å². The van der Waals surface area contributed by atoms with Crippen LogP contribution < -0.4 is 0 Å². The molecule has 1 aromatic carbocycles. The van der Waals surface area contributed by atoms with Gasteiger partial charge in [0.25, 0.3) is 0 Å². The minimum absolute atomic E-state index is 0.0451. The number of carbonyl (C=O) groups is 3. The zero-order valence-corrected chi connectivity index (χ0v) is 30.6. The molecule has 1 heterocycles. The van der Waals surface area contributed by atoms with Gasteiger partial charge < -0.3 is 14.7 Å². The molecule has 0 saturated heterocycles. The van der Waals surface area contributed by atoms with E-state index in [2.05, 4.69) is 43.1 Å². The number of aliphatic carboxylic acids is 1. The number of hydrogen-bond donors (Lipinski definition) is 1. The summed E-state index contributed by atoms with van der Waals surface area (Å²) in [6, 6.07) is 13.7. The second kappa shape index (κ2) is 15.5. The molecule has 0 radical (unpaired) electrons. The fourth-order valence-corrected chi connectivity index (χ4v) is 11.6. The Hall–Kier alpha value is -3.04. The average Bonchev–Trinajstić information content (AvgIpc) is 3.44. The number of carbonyl (C=O) groups excluding carboxylic acids is 2. The summed E-state index contributed by atoms with van der Waals surface area (Å²) in [5.41, 5.74) is 5.59. The molecular formula is C40H50N2O5S2. The number of pyridine rings is 1. The lowest BCUT2D eigenvalue weighted by molar-refractivity contribution is -0.151. The normalized spacial score (nSPS) is 29.4. The van der Waals surface area contributed by atoms with Crippen molar-refractivity contribution in [1.82, 2.24) is 9.88 Å². The average molecular weight is 703 g/mol. The fraction of sp³-hybridized carbons (Fsp3) is 0.550. The van der Waals surface area contributed by atoms with Crippen LogP contribution >= 0.6 is 21.6 Å². The number of allylic oxidation sites excluding steroid dienone is 3. The van der Waals surface area contributed by atoms with Gasteiger partial charge in [-0.05, 0) is 89.9 Å². The van der Waals surface area contributed by atoms with Crippen molar-refractivity contribution < 1.29 is 24.2 Å². The third-order valence-corrected chi connectivity index (χ3v) is 14.8. The summed E-state index contributed by atoms with van der Waals surface area (Å²) in [6.07, 6.45) is 17.0. The number of esters is 1. The molecule has 0 spiro atoms. The Bertz CT molecular complexity index is 1560. The molecule has 9 heteroatoms. The summed E-state index contributed by atoms with van der Waals surface area (Å²) in [5.74, 6) is 1.22. The van der Waals surface area contributed by atoms with E-state index in [-0.39, 0.29) is 53.6 Å². The van der Waals surface area contributed by atoms with Crippen LogP contribution in [0.4, 0.5) is 0 Å². The van der Waals surface area contributed by atoms with Gasteiger partial charge in [-0.25, -0.2) is 0 Å². The van der Waals surface area contributed by atoms with Crippen molar-refractivity contribution >= 4 is 45.0 Å². The predicted molar refractivity (Wildman–Crippen MR) is 197 cm³/mol. The summed E-state index contributed by atoms with van der Waals surface area (Å²) in [6.45, 7) is 6.96. The SMILES string of the molecule is CC(CC(=O)O[C@H]1CC[C@@]2(C)C(=CC[C@@H]3[C@@H]2CC[C@]2(C)C(c4cccnc4)=CC[C@@H]32)C1)SSCCC(=O)N(CC(=O)O)Cc1ccccc1. The summed E-state index contributed by atoms with van der Waals surface area (Å²) in [5, 5.41) is 9.34. The van der Waals surface area contributed by atoms with Crippen molar-refractivity contribution in [1.29, 1.82) is 0 Å². The molecule has 6 rings (SSSR count). The molecule has 0 bridgehead atoms. The van der Waals surface area contributed by atoms with Crippen molar-refractivity contribution in [3.05, 3.63) is 83.7 Å². The summed E-state index contributed by atoms with van der Waals surface area (Å²) < 4.78 is 6.08. The van der Waals surface area contributed by atoms with E-state index in [9.17, 15) is 19.5 Å². The van der Waals surface area contributed by atoms with E-state index in [4.69, 9.17) is 4.74 Å². The lowest BCUT2D eigenvalue weighted by Crippen LogP contribution is -2.50. The van der Waals surface area contributed by atoms with Gasteiger partial charge in [-0.15, -0.1) is 0 Å². The second-order valence-electron chi connectivity index (χ2n) is 15.0. The van der Waals surface area contributed by atoms with Crippen LogP contribution in [0.1, 0.15) is 89.7 Å². The molecular weight excluding hydrogens is 653 g/mol. The summed E-state index contributed by atoms with van der Waals surface area (Å²) in [7, 11) is 3.13. The van der Waals surface area contributed by atoms with E-state index in [0.29, 0.717) is 29.9 Å². The molecule has 1 unspecified atom stereocenters. The summed E-state index contributed by atoms with van der Waals surface area (Å²) in [4.78, 5) is 43.0. The minimum atomic E-state index is -1.02. The number of nitrogens with zero attached hydrogens (tertiary/aromatic N) is 2. The van der Waals surface area contributed by atoms with E-state index in [1.165, 1.54) is 34.5 Å². The highest BCUT2D eigenvalue weighted by Gasteiger charge is 2.57. The highest BCUT2D eigenvalue weighted by Crippen LogP contribution is 2.66. The van der Waals surface area contributed by atoms with Crippen LogP contribution in [-0.2, 0) is 25.7 Å². The maximum absolute atomic E-state index is 13.0. The first-order valence-corrected chi connectivity index (χ1v) is 20.3. The largest absolute Gasteiger partial charge is 0.480 e. The van der Waals surface area contributed by atoms with Gasteiger partial charge in [-0.1, -0.05) is 96.5 Å². The number of ether oxygens (including phenoxy) is 1. The van der Waals surface area contributed by atoms with Crippen molar-refractivity contribution in [2.24, 2.45) is 28.6 Å². The number of rotatable bonds is 13. The molecule has 2 saturated carbocycles. The van der Waals surface area contributed by atoms with Gasteiger partial charge in [0.1, 0.15) is 12.6 Å². The monoisotopic (exact) mass is 702 g/mol. The Kier molecular flexibility index (Phi) is 11.3. The van der Waals surface area contributed by atoms with Crippen molar-refractivity contribution in [2.45, 2.75) is 96.5 Å². The molecule has 4 aliphatic rings. The van der Waals surface area contributed by atoms with Crippen LogP contribution in [0.5, 0.6) is 0 Å². The first-order valence-electron chi connectivity index (χ1n) is 17.9. The second-order valence-corrected chi connectivity index (χ2v) is 17.9. The van der Waals surface area contributed by atoms with Crippen LogP contribution in [0.15, 0.2) is 72.6 Å². The van der Waals surface area contributed by atoms with Crippen LogP contribution in [0, 0.1) is 28.6 Å². The quantitative estimate of drug-likeness (QED) is 0.0960.